The summed E-state index contributed by atoms with van der Waals surface area (Å²) in [7, 11) is 2.13. The van der Waals surface area contributed by atoms with E-state index in [1.807, 2.05) is 4.90 Å². The summed E-state index contributed by atoms with van der Waals surface area (Å²) >= 11 is 0. The lowest BCUT2D eigenvalue weighted by Crippen LogP contribution is -2.42. The van der Waals surface area contributed by atoms with Crippen LogP contribution in [0.1, 0.15) is 36.3 Å². The molecule has 0 radical (unpaired) electrons. The summed E-state index contributed by atoms with van der Waals surface area (Å²) in [6, 6.07) is 0. The molecule has 1 spiro atoms. The second-order valence-electron chi connectivity index (χ2n) is 7.05. The normalized spacial score (nSPS) is 22.1. The first-order valence-corrected chi connectivity index (χ1v) is 8.06. The van der Waals surface area contributed by atoms with Crippen molar-refractivity contribution in [2.24, 2.45) is 5.41 Å². The fourth-order valence-corrected chi connectivity index (χ4v) is 3.81. The molecule has 0 aromatic carbocycles. The van der Waals surface area contributed by atoms with Gasteiger partial charge in [-0.15, -0.1) is 0 Å². The summed E-state index contributed by atoms with van der Waals surface area (Å²) in [6.45, 7) is 7.16. The molecular formula is C16H23F3N4. The minimum absolute atomic E-state index is 0.341. The number of anilines is 1. The number of aryl methyl sites for hydroxylation is 1. The van der Waals surface area contributed by atoms with Gasteiger partial charge in [0, 0.05) is 30.9 Å². The molecule has 1 aromatic rings. The smallest absolute Gasteiger partial charge is 0.356 e. The molecule has 0 atom stereocenters. The molecule has 2 aliphatic rings. The summed E-state index contributed by atoms with van der Waals surface area (Å²) in [4.78, 5) is 11.8. The summed E-state index contributed by atoms with van der Waals surface area (Å²) in [5.74, 6) is -0.581. The van der Waals surface area contributed by atoms with Crippen molar-refractivity contribution in [3.63, 3.8) is 0 Å². The number of hydrogen-bond acceptors (Lipinski definition) is 4. The zero-order valence-corrected chi connectivity index (χ0v) is 13.9. The highest BCUT2D eigenvalue weighted by atomic mass is 19.4. The van der Waals surface area contributed by atoms with E-state index in [1.54, 1.807) is 13.8 Å². The first kappa shape index (κ1) is 16.5. The molecule has 0 N–H and O–H groups in total. The number of rotatable bonds is 1. The maximum atomic E-state index is 13.0. The van der Waals surface area contributed by atoms with E-state index in [0.29, 0.717) is 16.9 Å². The topological polar surface area (TPSA) is 32.3 Å². The first-order valence-electron chi connectivity index (χ1n) is 8.06. The van der Waals surface area contributed by atoms with Crippen molar-refractivity contribution in [3.05, 3.63) is 17.1 Å². The number of halogens is 3. The minimum Gasteiger partial charge on any atom is -0.356 e. The Morgan fingerprint density at radius 1 is 1.00 bits per heavy atom. The van der Waals surface area contributed by atoms with Gasteiger partial charge in [-0.1, -0.05) is 0 Å². The van der Waals surface area contributed by atoms with Crippen molar-refractivity contribution in [2.75, 3.05) is 38.1 Å². The molecule has 0 bridgehead atoms. The van der Waals surface area contributed by atoms with Crippen LogP contribution in [0.5, 0.6) is 0 Å². The Morgan fingerprint density at radius 2 is 1.61 bits per heavy atom. The zero-order chi connectivity index (χ0) is 16.8. The molecule has 2 aliphatic heterocycles. The minimum atomic E-state index is -4.50. The number of nitrogens with zero attached hydrogens (tertiary/aromatic N) is 4. The van der Waals surface area contributed by atoms with Crippen LogP contribution < -0.4 is 4.90 Å². The van der Waals surface area contributed by atoms with Crippen LogP contribution in [0.15, 0.2) is 0 Å². The van der Waals surface area contributed by atoms with Crippen LogP contribution in [0, 0.1) is 19.3 Å². The van der Waals surface area contributed by atoms with E-state index in [-0.39, 0.29) is 0 Å². The van der Waals surface area contributed by atoms with Crippen molar-refractivity contribution in [3.8, 4) is 0 Å². The molecule has 128 valence electrons. The van der Waals surface area contributed by atoms with E-state index in [4.69, 9.17) is 0 Å². The van der Waals surface area contributed by atoms with Gasteiger partial charge in [0.15, 0.2) is 0 Å². The van der Waals surface area contributed by atoms with Crippen molar-refractivity contribution < 1.29 is 13.2 Å². The number of alkyl halides is 3. The molecule has 1 aromatic heterocycles. The van der Waals surface area contributed by atoms with E-state index in [2.05, 4.69) is 21.9 Å². The van der Waals surface area contributed by atoms with Gasteiger partial charge in [-0.25, -0.2) is 9.97 Å². The average molecular weight is 328 g/mol. The Kier molecular flexibility index (Phi) is 4.02. The van der Waals surface area contributed by atoms with Gasteiger partial charge in [-0.05, 0) is 52.1 Å². The Balaban J connectivity index is 1.82. The molecule has 2 fully saturated rings. The second-order valence-corrected chi connectivity index (χ2v) is 7.05. The summed E-state index contributed by atoms with van der Waals surface area (Å²) < 4.78 is 38.9. The molecule has 4 nitrogen and oxygen atoms in total. The van der Waals surface area contributed by atoms with Gasteiger partial charge in [-0.2, -0.15) is 13.2 Å². The van der Waals surface area contributed by atoms with Crippen molar-refractivity contribution in [1.82, 2.24) is 14.9 Å². The molecule has 2 saturated heterocycles. The quantitative estimate of drug-likeness (QED) is 0.793. The fourth-order valence-electron chi connectivity index (χ4n) is 3.81. The first-order chi connectivity index (χ1) is 10.7. The molecule has 0 aliphatic carbocycles. The second kappa shape index (κ2) is 5.61. The van der Waals surface area contributed by atoms with Crippen LogP contribution in [-0.2, 0) is 6.18 Å². The lowest BCUT2D eigenvalue weighted by Gasteiger charge is -2.40. The van der Waals surface area contributed by atoms with E-state index < -0.39 is 12.0 Å². The van der Waals surface area contributed by atoms with Gasteiger partial charge in [0.25, 0.3) is 0 Å². The van der Waals surface area contributed by atoms with Gasteiger partial charge in [0.05, 0.1) is 0 Å². The van der Waals surface area contributed by atoms with Crippen LogP contribution >= 0.6 is 0 Å². The summed E-state index contributed by atoms with van der Waals surface area (Å²) in [6.07, 6.45) is -1.28. The van der Waals surface area contributed by atoms with Crippen molar-refractivity contribution >= 4 is 5.82 Å². The molecule has 3 heterocycles. The highest BCUT2D eigenvalue weighted by Crippen LogP contribution is 2.41. The molecule has 0 amide bonds. The monoisotopic (exact) mass is 328 g/mol. The van der Waals surface area contributed by atoms with Crippen LogP contribution in [0.3, 0.4) is 0 Å². The van der Waals surface area contributed by atoms with Gasteiger partial charge in [0.2, 0.25) is 5.82 Å². The largest absolute Gasteiger partial charge is 0.451 e. The van der Waals surface area contributed by atoms with Crippen molar-refractivity contribution in [1.29, 1.82) is 0 Å². The predicted molar refractivity (Wildman–Crippen MR) is 82.5 cm³/mol. The van der Waals surface area contributed by atoms with E-state index in [9.17, 15) is 13.2 Å². The lowest BCUT2D eigenvalue weighted by molar-refractivity contribution is -0.145. The number of piperidine rings is 1. The zero-order valence-electron chi connectivity index (χ0n) is 13.9. The average Bonchev–Trinajstić information content (AvgIpc) is 2.83. The highest BCUT2D eigenvalue weighted by Gasteiger charge is 2.41. The van der Waals surface area contributed by atoms with Crippen LogP contribution in [-0.4, -0.2) is 48.1 Å². The van der Waals surface area contributed by atoms with Crippen LogP contribution in [0.2, 0.25) is 0 Å². The SMILES string of the molecule is Cc1nc(C(F)(F)F)nc(N2CCC3(CCN(C)C3)CC2)c1C. The van der Waals surface area contributed by atoms with E-state index >= 15 is 0 Å². The molecular weight excluding hydrogens is 305 g/mol. The Bertz CT molecular complexity index is 592. The van der Waals surface area contributed by atoms with Crippen molar-refractivity contribution in [2.45, 2.75) is 39.3 Å². The molecule has 3 rings (SSSR count). The van der Waals surface area contributed by atoms with Gasteiger partial charge in [0.1, 0.15) is 5.82 Å². The Hall–Kier alpha value is -1.37. The highest BCUT2D eigenvalue weighted by molar-refractivity contribution is 5.49. The number of likely N-dealkylation sites (tertiary alicyclic amines) is 1. The molecule has 0 saturated carbocycles. The third kappa shape index (κ3) is 3.16. The van der Waals surface area contributed by atoms with Gasteiger partial charge in [-0.3, -0.25) is 0 Å². The Labute approximate surface area is 134 Å². The van der Waals surface area contributed by atoms with Gasteiger partial charge >= 0.3 is 6.18 Å². The van der Waals surface area contributed by atoms with Crippen LogP contribution in [0.25, 0.3) is 0 Å². The third-order valence-corrected chi connectivity index (χ3v) is 5.37. The molecule has 0 unspecified atom stereocenters. The van der Waals surface area contributed by atoms with E-state index in [0.717, 1.165) is 44.6 Å². The summed E-state index contributed by atoms with van der Waals surface area (Å²) in [5, 5.41) is 0. The van der Waals surface area contributed by atoms with Crippen LogP contribution in [0.4, 0.5) is 19.0 Å². The fraction of sp³-hybridized carbons (Fsp3) is 0.750. The number of hydrogen-bond donors (Lipinski definition) is 0. The number of aromatic nitrogens is 2. The Morgan fingerprint density at radius 3 is 2.13 bits per heavy atom. The standard InChI is InChI=1S/C16H23F3N4/c1-11-12(2)20-14(16(17,18)19)21-13(11)23-8-5-15(6-9-23)4-7-22(3)10-15/h4-10H2,1-3H3. The molecule has 23 heavy (non-hydrogen) atoms. The third-order valence-electron chi connectivity index (χ3n) is 5.37. The maximum absolute atomic E-state index is 13.0. The predicted octanol–water partition coefficient (Wildman–Crippen LogP) is 3.03. The summed E-state index contributed by atoms with van der Waals surface area (Å²) in [5.41, 5.74) is 1.49. The lowest BCUT2D eigenvalue weighted by atomic mass is 9.78. The maximum Gasteiger partial charge on any atom is 0.451 e. The van der Waals surface area contributed by atoms with E-state index in [1.165, 1.54) is 6.42 Å². The molecule has 7 heteroatoms. The van der Waals surface area contributed by atoms with Gasteiger partial charge < -0.3 is 9.80 Å².